The summed E-state index contributed by atoms with van der Waals surface area (Å²) in [6.45, 7) is 11.0. The van der Waals surface area contributed by atoms with Crippen LogP contribution in [0.15, 0.2) is 108 Å². The topological polar surface area (TPSA) is 622 Å². The number of aliphatic hydroxyl groups is 4. The predicted octanol–water partition coefficient (Wildman–Crippen LogP) is 3.22. The third kappa shape index (κ3) is 39.0. The lowest BCUT2D eigenvalue weighted by Crippen LogP contribution is -2.52. The van der Waals surface area contributed by atoms with E-state index in [1.807, 2.05) is 0 Å². The molecule has 0 saturated carbocycles. The Hall–Kier alpha value is -11.9. The number of hydrogen-bond acceptors (Lipinski definition) is 26. The number of nitrogens with one attached hydrogen (secondary N) is 7. The highest BCUT2D eigenvalue weighted by atomic mass is 16.4. The van der Waals surface area contributed by atoms with Gasteiger partial charge in [0.05, 0.1) is 104 Å². The number of rotatable bonds is 65. The molecule has 720 valence electrons. The van der Waals surface area contributed by atoms with Crippen molar-refractivity contribution in [2.24, 2.45) is 64.4 Å². The fourth-order valence-corrected chi connectivity index (χ4v) is 14.9. The Kier molecular flexibility index (Phi) is 47.6. The standard InChI is InChI=1S/C94H131N9O28/c1-10-54(4)86(79(115)43-62(38-59-24-29-66(108)30-25-59)89(127)98-71(37-53(2)3)75(111)41-63(46-84(121)122)88(126)97-55(5)19-14-16-34-95)102-91(129)65(51-104)44-76(112)72(40-60-26-31-67(109)32-27-60)99-90(128)64(47-85(123)124)42-77(113)74(52-105)101-93(131)70(57(7)107)49-78(114)73(39-58-20-12-11-13-21-58)100-92(130)69(56(6)106)48-68(110)50-96-87(125)61(28-33-83(119)120)45-81(117)94(8,9)80(116)22-18-36-103-35-17-15-23-82(103)118/h11-13,15,17,20-21,23-27,29-32,35,53-57,61-65,69-74,86,104-109H,10,14,16,18-19,22,28,33-34,36-52,95H2,1-9H3,(H,96,125)(H,97,126)(H,98,127)(H,99,128)(H,100,130)(H,101,131)(H,102,129)(H,119,120)(H,121,122)(H,123,124)/t54-,55+,56+,57+,61+,62+,63-,64-,65-,69-,70-,71-,72-,73-,74-,86-/m0/s1. The van der Waals surface area contributed by atoms with Crippen molar-refractivity contribution < 1.29 is 132 Å². The van der Waals surface area contributed by atoms with E-state index in [-0.39, 0.29) is 79.7 Å². The zero-order valence-corrected chi connectivity index (χ0v) is 75.8. The van der Waals surface area contributed by atoms with Crippen molar-refractivity contribution in [3.05, 3.63) is 130 Å². The van der Waals surface area contributed by atoms with E-state index < -0.39 is 298 Å². The van der Waals surface area contributed by atoms with Gasteiger partial charge in [0.15, 0.2) is 34.7 Å². The number of nitrogens with zero attached hydrogens (tertiary/aromatic N) is 1. The second-order valence-corrected chi connectivity index (χ2v) is 34.9. The lowest BCUT2D eigenvalue weighted by molar-refractivity contribution is -0.143. The molecule has 37 heteroatoms. The molecule has 7 amide bonds. The summed E-state index contributed by atoms with van der Waals surface area (Å²) in [7, 11) is 0. The molecule has 4 rings (SSSR count). The molecular formula is C94H131N9O28. The van der Waals surface area contributed by atoms with Crippen LogP contribution in [0.1, 0.15) is 195 Å². The smallest absolute Gasteiger partial charge is 0.304 e. The number of aromatic nitrogens is 1. The van der Waals surface area contributed by atoms with Gasteiger partial charge in [-0.05, 0) is 151 Å². The number of amides is 7. The summed E-state index contributed by atoms with van der Waals surface area (Å²) in [6, 6.07) is 14.9. The Morgan fingerprint density at radius 2 is 0.893 bits per heavy atom. The minimum atomic E-state index is -2.00. The van der Waals surface area contributed by atoms with E-state index in [1.54, 1.807) is 77.1 Å². The number of carbonyl (C=O) groups excluding carboxylic acids is 15. The first kappa shape index (κ1) is 111. The number of Topliss-reactive ketones (excluding diaryl/α,β-unsaturated/α-hetero) is 8. The van der Waals surface area contributed by atoms with E-state index in [2.05, 4.69) is 37.2 Å². The van der Waals surface area contributed by atoms with Gasteiger partial charge in [-0.15, -0.1) is 0 Å². The quantitative estimate of drug-likeness (QED) is 0.0223. The molecule has 0 radical (unpaired) electrons. The van der Waals surface area contributed by atoms with Gasteiger partial charge < -0.3 is 93.5 Å². The number of nitrogens with two attached hydrogens (primary N) is 1. The van der Waals surface area contributed by atoms with Gasteiger partial charge in [-0.3, -0.25) is 91.1 Å². The van der Waals surface area contributed by atoms with Gasteiger partial charge >= 0.3 is 17.9 Å². The maximum Gasteiger partial charge on any atom is 0.304 e. The third-order valence-electron chi connectivity index (χ3n) is 23.2. The van der Waals surface area contributed by atoms with E-state index in [4.69, 9.17) is 5.73 Å². The molecule has 0 aliphatic rings. The van der Waals surface area contributed by atoms with E-state index in [0.29, 0.717) is 36.9 Å². The number of benzene rings is 3. The molecule has 0 spiro atoms. The van der Waals surface area contributed by atoms with Crippen LogP contribution in [-0.4, -0.2) is 231 Å². The van der Waals surface area contributed by atoms with Gasteiger partial charge in [-0.25, -0.2) is 0 Å². The van der Waals surface area contributed by atoms with Crippen LogP contribution in [0.4, 0.5) is 0 Å². The van der Waals surface area contributed by atoms with Gasteiger partial charge in [0.25, 0.3) is 0 Å². The number of unbranched alkanes of at least 4 members (excludes halogenated alkanes) is 1. The number of carboxylic acid groups (broad SMARTS) is 3. The number of phenolic OH excluding ortho intramolecular Hbond substituents is 2. The maximum atomic E-state index is 14.9. The molecule has 0 bridgehead atoms. The van der Waals surface area contributed by atoms with Gasteiger partial charge in [0.2, 0.25) is 46.9 Å². The predicted molar refractivity (Wildman–Crippen MR) is 475 cm³/mol. The van der Waals surface area contributed by atoms with Gasteiger partial charge in [0, 0.05) is 94.5 Å². The van der Waals surface area contributed by atoms with Crippen molar-refractivity contribution in [1.82, 2.24) is 41.8 Å². The second-order valence-electron chi connectivity index (χ2n) is 34.9. The number of carboxylic acids is 3. The van der Waals surface area contributed by atoms with Crippen molar-refractivity contribution >= 4 is 106 Å². The molecule has 37 nitrogen and oxygen atoms in total. The van der Waals surface area contributed by atoms with Crippen LogP contribution in [0, 0.1) is 58.7 Å². The molecule has 4 aromatic rings. The lowest BCUT2D eigenvalue weighted by Gasteiger charge is -2.28. The molecule has 0 fully saturated rings. The van der Waals surface area contributed by atoms with Crippen LogP contribution < -0.4 is 48.5 Å². The van der Waals surface area contributed by atoms with Crippen molar-refractivity contribution in [1.29, 1.82) is 0 Å². The molecule has 1 aromatic heterocycles. The second kappa shape index (κ2) is 55.9. The first-order chi connectivity index (χ1) is 61.7. The number of hydrogen-bond donors (Lipinski definition) is 17. The number of aromatic hydroxyl groups is 2. The highest BCUT2D eigenvalue weighted by Gasteiger charge is 2.42. The first-order valence-corrected chi connectivity index (χ1v) is 44.2. The number of phenols is 2. The Balaban J connectivity index is 1.55. The Labute approximate surface area is 760 Å². The summed E-state index contributed by atoms with van der Waals surface area (Å²) in [5.41, 5.74) is 4.81. The summed E-state index contributed by atoms with van der Waals surface area (Å²) in [5.74, 6) is -30.4. The number of ketones is 8. The number of pyridine rings is 1. The average Bonchev–Trinajstić information content (AvgIpc) is 0.837. The Morgan fingerprint density at radius 3 is 1.40 bits per heavy atom. The van der Waals surface area contributed by atoms with Crippen LogP contribution in [0.2, 0.25) is 0 Å². The largest absolute Gasteiger partial charge is 0.508 e. The number of carbonyl (C=O) groups is 18. The maximum absolute atomic E-state index is 14.9. The minimum Gasteiger partial charge on any atom is -0.508 e. The van der Waals surface area contributed by atoms with Crippen LogP contribution in [0.3, 0.4) is 0 Å². The van der Waals surface area contributed by atoms with Crippen LogP contribution >= 0.6 is 0 Å². The summed E-state index contributed by atoms with van der Waals surface area (Å²) in [4.78, 5) is 261. The van der Waals surface area contributed by atoms with Gasteiger partial charge in [-0.2, -0.15) is 0 Å². The van der Waals surface area contributed by atoms with Crippen LogP contribution in [0.25, 0.3) is 0 Å². The lowest BCUT2D eigenvalue weighted by atomic mass is 9.77. The van der Waals surface area contributed by atoms with E-state index >= 15 is 0 Å². The van der Waals surface area contributed by atoms with Crippen molar-refractivity contribution in [3.8, 4) is 11.5 Å². The molecule has 1 heterocycles. The molecule has 18 N–H and O–H groups in total. The highest BCUT2D eigenvalue weighted by molar-refractivity contribution is 6.07. The molecule has 0 unspecified atom stereocenters. The van der Waals surface area contributed by atoms with E-state index in [9.17, 15) is 137 Å². The zero-order chi connectivity index (χ0) is 98.1. The van der Waals surface area contributed by atoms with Gasteiger partial charge in [0.1, 0.15) is 29.1 Å². The van der Waals surface area contributed by atoms with Crippen molar-refractivity contribution in [2.75, 3.05) is 26.3 Å². The molecular weight excluding hydrogens is 1700 g/mol. The third-order valence-corrected chi connectivity index (χ3v) is 23.2. The van der Waals surface area contributed by atoms with Crippen molar-refractivity contribution in [3.63, 3.8) is 0 Å². The zero-order valence-electron chi connectivity index (χ0n) is 75.8. The molecule has 0 aliphatic carbocycles. The highest BCUT2D eigenvalue weighted by Crippen LogP contribution is 2.29. The monoisotopic (exact) mass is 1830 g/mol. The fourth-order valence-electron chi connectivity index (χ4n) is 14.9. The van der Waals surface area contributed by atoms with E-state index in [0.717, 1.165) is 13.8 Å². The molecule has 3 aromatic carbocycles. The molecule has 0 saturated heterocycles. The number of aliphatic hydroxyl groups excluding tert-OH is 4. The van der Waals surface area contributed by atoms with Gasteiger partial charge in [-0.1, -0.05) is 101 Å². The fraction of sp³-hybridized carbons (Fsp3) is 0.564. The SMILES string of the molecule is CC[C@H](C)[C@H](NC(=O)[C@H](CO)CC(=O)[C@H](Cc1ccc(O)cc1)NC(=O)[C@H](CC(=O)O)CC(=O)[C@H](CO)NC(=O)[C@@H](CC(=O)[C@H](Cc1ccccc1)NC(=O)[C@@H](CC(=O)CNC(=O)[C@H](CCC(=O)O)CC(=O)C(C)(C)C(=O)CCCn1ccccc1=O)[C@@H](C)O)[C@@H](C)O)C(=O)C[C@@H](Cc1ccc(O)cc1)C(=O)N[C@@H](CC(C)C)C(=O)C[C@@H](CC(=O)O)C(=O)N[C@H](C)CCCCN. The minimum absolute atomic E-state index is 0.0243. The van der Waals surface area contributed by atoms with Crippen LogP contribution in [-0.2, 0) is 112 Å². The Morgan fingerprint density at radius 1 is 0.427 bits per heavy atom. The Bertz CT molecular complexity index is 4610. The van der Waals surface area contributed by atoms with Crippen LogP contribution in [0.5, 0.6) is 11.5 Å². The molecule has 131 heavy (non-hydrogen) atoms. The number of aryl methyl sites for hydroxylation is 1. The normalized spacial score (nSPS) is 15.1. The first-order valence-electron chi connectivity index (χ1n) is 44.2. The average molecular weight is 1840 g/mol. The molecule has 0 aliphatic heterocycles. The summed E-state index contributed by atoms with van der Waals surface area (Å²) >= 11 is 0. The van der Waals surface area contributed by atoms with Crippen molar-refractivity contribution in [2.45, 2.75) is 252 Å². The summed E-state index contributed by atoms with van der Waals surface area (Å²) in [5, 5.41) is 111. The number of aliphatic carboxylic acids is 3. The van der Waals surface area contributed by atoms with E-state index in [1.165, 1.54) is 79.2 Å². The molecule has 16 atom stereocenters. The summed E-state index contributed by atoms with van der Waals surface area (Å²) < 4.78 is 1.38. The summed E-state index contributed by atoms with van der Waals surface area (Å²) in [6.07, 6.45) is -8.87.